The SMILES string of the molecule is CN(C(=O)OCc1ccccc1)C(CC=O)(Cc1ccccc1)C(=O)O. The minimum atomic E-state index is -1.71. The van der Waals surface area contributed by atoms with E-state index in [-0.39, 0.29) is 19.4 Å². The molecule has 0 spiro atoms. The Bertz CT molecular complexity index is 747. The number of nitrogens with zero attached hydrogens (tertiary/aromatic N) is 1. The summed E-state index contributed by atoms with van der Waals surface area (Å²) in [4.78, 5) is 36.7. The smallest absolute Gasteiger partial charge is 0.410 e. The standard InChI is InChI=1S/C20H21NO5/c1-21(19(25)26-15-17-10-6-3-7-11-17)20(12-13-22,18(23)24)14-16-8-4-2-5-9-16/h2-11,13H,12,14-15H2,1H3,(H,23,24). The summed E-state index contributed by atoms with van der Waals surface area (Å²) in [6.07, 6.45) is -0.626. The van der Waals surface area contributed by atoms with Gasteiger partial charge in [-0.15, -0.1) is 0 Å². The summed E-state index contributed by atoms with van der Waals surface area (Å²) in [5, 5.41) is 9.81. The number of benzene rings is 2. The van der Waals surface area contributed by atoms with Gasteiger partial charge >= 0.3 is 12.1 Å². The van der Waals surface area contributed by atoms with Crippen LogP contribution in [0.5, 0.6) is 0 Å². The van der Waals surface area contributed by atoms with Crippen LogP contribution in [0, 0.1) is 0 Å². The maximum atomic E-state index is 12.5. The third-order valence-corrected chi connectivity index (χ3v) is 4.28. The van der Waals surface area contributed by atoms with E-state index in [9.17, 15) is 19.5 Å². The number of carboxylic acids is 1. The predicted octanol–water partition coefficient (Wildman–Crippen LogP) is 2.91. The number of carbonyl (C=O) groups is 3. The molecule has 2 rings (SSSR count). The van der Waals surface area contributed by atoms with Gasteiger partial charge in [-0.25, -0.2) is 9.59 Å². The second-order valence-corrected chi connectivity index (χ2v) is 5.97. The summed E-state index contributed by atoms with van der Waals surface area (Å²) in [6.45, 7) is 0.0200. The summed E-state index contributed by atoms with van der Waals surface area (Å²) in [5.74, 6) is -1.26. The van der Waals surface area contributed by atoms with Crippen LogP contribution in [0.1, 0.15) is 17.5 Å². The molecule has 0 bridgehead atoms. The molecule has 0 fully saturated rings. The quantitative estimate of drug-likeness (QED) is 0.736. The molecular weight excluding hydrogens is 334 g/mol. The maximum Gasteiger partial charge on any atom is 0.410 e. The number of aldehydes is 1. The molecule has 0 aliphatic heterocycles. The zero-order chi connectivity index (χ0) is 19.0. The molecule has 0 radical (unpaired) electrons. The lowest BCUT2D eigenvalue weighted by atomic mass is 9.86. The first-order chi connectivity index (χ1) is 12.5. The van der Waals surface area contributed by atoms with E-state index >= 15 is 0 Å². The second kappa shape index (κ2) is 8.80. The molecule has 6 nitrogen and oxygen atoms in total. The van der Waals surface area contributed by atoms with Crippen molar-refractivity contribution in [2.75, 3.05) is 7.05 Å². The molecule has 1 unspecified atom stereocenters. The Kier molecular flexibility index (Phi) is 6.49. The molecule has 0 heterocycles. The lowest BCUT2D eigenvalue weighted by Gasteiger charge is -2.36. The molecule has 0 saturated heterocycles. The van der Waals surface area contributed by atoms with Gasteiger partial charge < -0.3 is 14.6 Å². The maximum absolute atomic E-state index is 12.5. The molecule has 136 valence electrons. The molecule has 1 amide bonds. The number of likely N-dealkylation sites (N-methyl/N-ethyl adjacent to an activating group) is 1. The normalized spacial score (nSPS) is 12.7. The van der Waals surface area contributed by atoms with E-state index < -0.39 is 17.6 Å². The molecule has 1 N–H and O–H groups in total. The van der Waals surface area contributed by atoms with Gasteiger partial charge in [-0.05, 0) is 11.1 Å². The van der Waals surface area contributed by atoms with Crippen molar-refractivity contribution < 1.29 is 24.2 Å². The first-order valence-electron chi connectivity index (χ1n) is 8.15. The van der Waals surface area contributed by atoms with E-state index in [0.29, 0.717) is 11.8 Å². The number of hydrogen-bond acceptors (Lipinski definition) is 4. The van der Waals surface area contributed by atoms with Gasteiger partial charge in [0.25, 0.3) is 0 Å². The first-order valence-corrected chi connectivity index (χ1v) is 8.15. The van der Waals surface area contributed by atoms with Crippen LogP contribution in [0.4, 0.5) is 4.79 Å². The van der Waals surface area contributed by atoms with Crippen molar-refractivity contribution in [3.8, 4) is 0 Å². The first kappa shape index (κ1) is 19.2. The van der Waals surface area contributed by atoms with Crippen molar-refractivity contribution in [3.05, 3.63) is 71.8 Å². The van der Waals surface area contributed by atoms with Gasteiger partial charge in [-0.1, -0.05) is 60.7 Å². The zero-order valence-electron chi connectivity index (χ0n) is 14.5. The number of carbonyl (C=O) groups excluding carboxylic acids is 2. The Morgan fingerprint density at radius 3 is 2.08 bits per heavy atom. The topological polar surface area (TPSA) is 83.9 Å². The number of ether oxygens (including phenoxy) is 1. The van der Waals surface area contributed by atoms with Crippen LogP contribution in [-0.4, -0.2) is 40.9 Å². The average Bonchev–Trinajstić information content (AvgIpc) is 2.66. The molecule has 6 heteroatoms. The van der Waals surface area contributed by atoms with E-state index in [0.717, 1.165) is 10.5 Å². The second-order valence-electron chi connectivity index (χ2n) is 5.97. The Hall–Kier alpha value is -3.15. The Morgan fingerprint density at radius 1 is 1.04 bits per heavy atom. The van der Waals surface area contributed by atoms with E-state index in [1.807, 2.05) is 24.3 Å². The van der Waals surface area contributed by atoms with Crippen LogP contribution in [0.3, 0.4) is 0 Å². The Labute approximate surface area is 152 Å². The van der Waals surface area contributed by atoms with Crippen molar-refractivity contribution >= 4 is 18.3 Å². The number of carboxylic acid groups (broad SMARTS) is 1. The number of amides is 1. The van der Waals surface area contributed by atoms with Crippen LogP contribution >= 0.6 is 0 Å². The van der Waals surface area contributed by atoms with E-state index in [1.165, 1.54) is 7.05 Å². The van der Waals surface area contributed by atoms with Crippen LogP contribution in [0.2, 0.25) is 0 Å². The number of aliphatic carboxylic acids is 1. The van der Waals surface area contributed by atoms with Crippen LogP contribution < -0.4 is 0 Å². The highest BCUT2D eigenvalue weighted by atomic mass is 16.6. The van der Waals surface area contributed by atoms with E-state index in [4.69, 9.17) is 4.74 Å². The van der Waals surface area contributed by atoms with Gasteiger partial charge in [-0.2, -0.15) is 0 Å². The van der Waals surface area contributed by atoms with Crippen LogP contribution in [0.15, 0.2) is 60.7 Å². The molecule has 0 aliphatic carbocycles. The lowest BCUT2D eigenvalue weighted by molar-refractivity contribution is -0.151. The highest BCUT2D eigenvalue weighted by Crippen LogP contribution is 2.25. The summed E-state index contributed by atoms with van der Waals surface area (Å²) >= 11 is 0. The predicted molar refractivity (Wildman–Crippen MR) is 95.6 cm³/mol. The Morgan fingerprint density at radius 2 is 1.58 bits per heavy atom. The third-order valence-electron chi connectivity index (χ3n) is 4.28. The molecular formula is C20H21NO5. The van der Waals surface area contributed by atoms with Crippen molar-refractivity contribution in [1.29, 1.82) is 0 Å². The van der Waals surface area contributed by atoms with E-state index in [1.54, 1.807) is 36.4 Å². The summed E-state index contributed by atoms with van der Waals surface area (Å²) in [6, 6.07) is 17.9. The van der Waals surface area contributed by atoms with Crippen LogP contribution in [0.25, 0.3) is 0 Å². The van der Waals surface area contributed by atoms with Gasteiger partial charge in [0.15, 0.2) is 5.54 Å². The van der Waals surface area contributed by atoms with Gasteiger partial charge in [0.1, 0.15) is 12.9 Å². The fraction of sp³-hybridized carbons (Fsp3) is 0.250. The van der Waals surface area contributed by atoms with Gasteiger partial charge in [0.2, 0.25) is 0 Å². The van der Waals surface area contributed by atoms with Crippen molar-refractivity contribution in [2.45, 2.75) is 25.0 Å². The zero-order valence-corrected chi connectivity index (χ0v) is 14.5. The molecule has 2 aromatic rings. The number of hydrogen-bond donors (Lipinski definition) is 1. The number of rotatable bonds is 8. The van der Waals surface area contributed by atoms with Crippen molar-refractivity contribution in [3.63, 3.8) is 0 Å². The van der Waals surface area contributed by atoms with Crippen molar-refractivity contribution in [1.82, 2.24) is 4.90 Å². The molecule has 0 saturated carbocycles. The summed E-state index contributed by atoms with van der Waals surface area (Å²) < 4.78 is 5.24. The Balaban J connectivity index is 2.21. The molecule has 0 aliphatic rings. The molecule has 26 heavy (non-hydrogen) atoms. The molecule has 1 atom stereocenters. The largest absolute Gasteiger partial charge is 0.479 e. The van der Waals surface area contributed by atoms with Gasteiger partial charge in [0.05, 0.1) is 0 Å². The van der Waals surface area contributed by atoms with Crippen molar-refractivity contribution in [2.24, 2.45) is 0 Å². The summed E-state index contributed by atoms with van der Waals surface area (Å²) in [5.41, 5.74) is -0.218. The third kappa shape index (κ3) is 4.47. The molecule has 2 aromatic carbocycles. The highest BCUT2D eigenvalue weighted by Gasteiger charge is 2.45. The minimum Gasteiger partial charge on any atom is -0.479 e. The van der Waals surface area contributed by atoms with Gasteiger partial charge in [0, 0.05) is 19.9 Å². The molecule has 0 aromatic heterocycles. The summed E-state index contributed by atoms with van der Waals surface area (Å²) in [7, 11) is 1.34. The fourth-order valence-electron chi connectivity index (χ4n) is 2.70. The monoisotopic (exact) mass is 355 g/mol. The van der Waals surface area contributed by atoms with Gasteiger partial charge in [-0.3, -0.25) is 4.90 Å². The minimum absolute atomic E-state index is 0.00114. The fourth-order valence-corrected chi connectivity index (χ4v) is 2.70. The van der Waals surface area contributed by atoms with E-state index in [2.05, 4.69) is 0 Å². The lowest BCUT2D eigenvalue weighted by Crippen LogP contribution is -2.57. The average molecular weight is 355 g/mol. The highest BCUT2D eigenvalue weighted by molar-refractivity contribution is 5.87. The van der Waals surface area contributed by atoms with Crippen LogP contribution in [-0.2, 0) is 27.4 Å².